The third-order valence-electron chi connectivity index (χ3n) is 5.57. The summed E-state index contributed by atoms with van der Waals surface area (Å²) in [6.07, 6.45) is 6.66. The van der Waals surface area contributed by atoms with Crippen LogP contribution in [0.1, 0.15) is 46.9 Å². The first kappa shape index (κ1) is 20.8. The molecule has 0 unspecified atom stereocenters. The van der Waals surface area contributed by atoms with E-state index in [0.29, 0.717) is 23.5 Å². The molecule has 3 aromatic rings. The zero-order valence-electron chi connectivity index (χ0n) is 17.7. The number of pyridine rings is 1. The molecule has 7 heteroatoms. The lowest BCUT2D eigenvalue weighted by molar-refractivity contribution is 0.0598. The van der Waals surface area contributed by atoms with Gasteiger partial charge in [-0.1, -0.05) is 23.6 Å². The molecule has 4 rings (SSSR count). The number of hydrogen-bond acceptors (Lipinski definition) is 5. The summed E-state index contributed by atoms with van der Waals surface area (Å²) in [4.78, 5) is 21.2. The maximum Gasteiger partial charge on any atom is 0.256 e. The maximum atomic E-state index is 13.5. The van der Waals surface area contributed by atoms with E-state index in [-0.39, 0.29) is 24.5 Å². The quantitative estimate of drug-likeness (QED) is 0.665. The molecule has 1 amide bonds. The number of aryl methyl sites for hydroxylation is 1. The van der Waals surface area contributed by atoms with Gasteiger partial charge in [0, 0.05) is 24.7 Å². The molecule has 0 saturated carbocycles. The smallest absolute Gasteiger partial charge is 0.256 e. The molecule has 0 spiro atoms. The second-order valence-corrected chi connectivity index (χ2v) is 7.90. The van der Waals surface area contributed by atoms with Gasteiger partial charge in [0.15, 0.2) is 0 Å². The summed E-state index contributed by atoms with van der Waals surface area (Å²) in [5, 5.41) is 17.5. The second-order valence-electron chi connectivity index (χ2n) is 7.90. The molecule has 1 aliphatic rings. The van der Waals surface area contributed by atoms with Crippen LogP contribution in [0.25, 0.3) is 5.69 Å². The number of carbonyl (C=O) groups excluding carboxylic acids is 1. The number of carbonyl (C=O) groups is 1. The highest BCUT2D eigenvalue weighted by molar-refractivity contribution is 5.98. The average molecular weight is 415 g/mol. The lowest BCUT2D eigenvalue weighted by atomic mass is 9.92. The van der Waals surface area contributed by atoms with Crippen LogP contribution in [-0.4, -0.2) is 48.5 Å². The molecule has 31 heavy (non-hydrogen) atoms. The first-order valence-electron chi connectivity index (χ1n) is 10.4. The predicted octanol–water partition coefficient (Wildman–Crippen LogP) is 2.76. The summed E-state index contributed by atoms with van der Waals surface area (Å²) in [5.74, 6) is 6.46. The number of benzene rings is 1. The molecule has 1 aromatic carbocycles. The normalized spacial score (nSPS) is 18.4. The molecular formula is C24H25N5O2. The van der Waals surface area contributed by atoms with Crippen LogP contribution in [-0.2, 0) is 6.61 Å². The minimum Gasteiger partial charge on any atom is -0.392 e. The lowest BCUT2D eigenvalue weighted by Gasteiger charge is -2.36. The number of hydrogen-bond donors (Lipinski definition) is 1. The van der Waals surface area contributed by atoms with Crippen LogP contribution >= 0.6 is 0 Å². The van der Waals surface area contributed by atoms with E-state index in [1.165, 1.54) is 4.80 Å². The van der Waals surface area contributed by atoms with Crippen LogP contribution in [0.5, 0.6) is 0 Å². The minimum atomic E-state index is -0.0344. The first-order chi connectivity index (χ1) is 15.0. The molecule has 1 aliphatic heterocycles. The Labute approximate surface area is 181 Å². The molecule has 3 heterocycles. The van der Waals surface area contributed by atoms with Crippen molar-refractivity contribution in [2.75, 3.05) is 6.54 Å². The third-order valence-corrected chi connectivity index (χ3v) is 5.57. The van der Waals surface area contributed by atoms with E-state index < -0.39 is 0 Å². The van der Waals surface area contributed by atoms with Gasteiger partial charge in [-0.2, -0.15) is 15.0 Å². The standard InChI is InChI=1S/C24H25N5O2/c1-17-3-10-23(29-26-11-12-27-29)22(13-17)24(31)28-15-19(5-4-18(28)2)6-8-21-9-7-20(16-30)14-25-21/h3,7,9-14,18-19,30H,4-5,15-16H2,1-2H3/t18-,19+/m1/s1. The molecule has 7 nitrogen and oxygen atoms in total. The fraction of sp³-hybridized carbons (Fsp3) is 0.333. The van der Waals surface area contributed by atoms with Gasteiger partial charge in [-0.15, -0.1) is 0 Å². The van der Waals surface area contributed by atoms with Crippen molar-refractivity contribution < 1.29 is 9.90 Å². The van der Waals surface area contributed by atoms with Gasteiger partial charge in [0.1, 0.15) is 5.69 Å². The van der Waals surface area contributed by atoms with E-state index in [0.717, 1.165) is 24.0 Å². The van der Waals surface area contributed by atoms with Gasteiger partial charge >= 0.3 is 0 Å². The van der Waals surface area contributed by atoms with E-state index in [4.69, 9.17) is 5.11 Å². The number of rotatable bonds is 3. The predicted molar refractivity (Wildman–Crippen MR) is 116 cm³/mol. The summed E-state index contributed by atoms with van der Waals surface area (Å²) in [7, 11) is 0. The minimum absolute atomic E-state index is 0.0274. The lowest BCUT2D eigenvalue weighted by Crippen LogP contribution is -2.45. The summed E-state index contributed by atoms with van der Waals surface area (Å²) in [5.41, 5.74) is 3.71. The Morgan fingerprint density at radius 1 is 1.19 bits per heavy atom. The van der Waals surface area contributed by atoms with E-state index in [9.17, 15) is 4.79 Å². The van der Waals surface area contributed by atoms with Crippen molar-refractivity contribution in [1.82, 2.24) is 24.9 Å². The van der Waals surface area contributed by atoms with Crippen molar-refractivity contribution in [3.63, 3.8) is 0 Å². The van der Waals surface area contributed by atoms with Crippen molar-refractivity contribution in [1.29, 1.82) is 0 Å². The van der Waals surface area contributed by atoms with E-state index in [2.05, 4.69) is 33.9 Å². The molecule has 2 aromatic heterocycles. The Hall–Kier alpha value is -3.50. The molecule has 0 radical (unpaired) electrons. The number of piperidine rings is 1. The fourth-order valence-corrected chi connectivity index (χ4v) is 3.77. The van der Waals surface area contributed by atoms with Crippen molar-refractivity contribution in [3.05, 3.63) is 71.3 Å². The number of likely N-dealkylation sites (tertiary alicyclic amines) is 1. The topological polar surface area (TPSA) is 84.1 Å². The number of amides is 1. The Kier molecular flexibility index (Phi) is 6.10. The molecule has 2 atom stereocenters. The van der Waals surface area contributed by atoms with Crippen molar-refractivity contribution in [3.8, 4) is 17.5 Å². The van der Waals surface area contributed by atoms with Gasteiger partial charge in [0.25, 0.3) is 5.91 Å². The van der Waals surface area contributed by atoms with Gasteiger partial charge in [0.05, 0.1) is 30.3 Å². The Morgan fingerprint density at radius 2 is 2.00 bits per heavy atom. The van der Waals surface area contributed by atoms with E-state index in [1.807, 2.05) is 42.2 Å². The Bertz CT molecular complexity index is 1110. The van der Waals surface area contributed by atoms with Crippen LogP contribution in [0, 0.1) is 24.7 Å². The highest BCUT2D eigenvalue weighted by Crippen LogP contribution is 2.26. The van der Waals surface area contributed by atoms with E-state index in [1.54, 1.807) is 18.6 Å². The van der Waals surface area contributed by atoms with Crippen molar-refractivity contribution >= 4 is 5.91 Å². The van der Waals surface area contributed by atoms with Crippen molar-refractivity contribution in [2.45, 2.75) is 39.3 Å². The number of aromatic nitrogens is 4. The van der Waals surface area contributed by atoms with Crippen LogP contribution in [0.2, 0.25) is 0 Å². The van der Waals surface area contributed by atoms with Gasteiger partial charge in [-0.25, -0.2) is 4.98 Å². The monoisotopic (exact) mass is 415 g/mol. The van der Waals surface area contributed by atoms with Crippen LogP contribution in [0.4, 0.5) is 0 Å². The number of aliphatic hydroxyl groups is 1. The molecule has 1 N–H and O–H groups in total. The Balaban J connectivity index is 1.56. The Morgan fingerprint density at radius 3 is 2.71 bits per heavy atom. The molecule has 158 valence electrons. The van der Waals surface area contributed by atoms with Gasteiger partial charge in [-0.05, 0) is 56.4 Å². The zero-order valence-corrected chi connectivity index (χ0v) is 17.7. The maximum absolute atomic E-state index is 13.5. The third kappa shape index (κ3) is 4.65. The number of aliphatic hydroxyl groups excluding tert-OH is 1. The van der Waals surface area contributed by atoms with E-state index >= 15 is 0 Å². The second kappa shape index (κ2) is 9.11. The molecule has 1 fully saturated rings. The summed E-state index contributed by atoms with van der Waals surface area (Å²) < 4.78 is 0. The summed E-state index contributed by atoms with van der Waals surface area (Å²) >= 11 is 0. The summed E-state index contributed by atoms with van der Waals surface area (Å²) in [6.45, 7) is 4.59. The number of nitrogens with zero attached hydrogens (tertiary/aromatic N) is 5. The van der Waals surface area contributed by atoms with Gasteiger partial charge in [-0.3, -0.25) is 4.79 Å². The molecule has 1 saturated heterocycles. The first-order valence-corrected chi connectivity index (χ1v) is 10.4. The summed E-state index contributed by atoms with van der Waals surface area (Å²) in [6, 6.07) is 9.50. The van der Waals surface area contributed by atoms with Crippen LogP contribution in [0.3, 0.4) is 0 Å². The molecule has 0 bridgehead atoms. The SMILES string of the molecule is Cc1ccc(-n2nccn2)c(C(=O)N2C[C@H](C#Cc3ccc(CO)cn3)CC[C@H]2C)c1. The fourth-order valence-electron chi connectivity index (χ4n) is 3.77. The van der Waals surface area contributed by atoms with Gasteiger partial charge < -0.3 is 10.0 Å². The molecule has 0 aliphatic carbocycles. The highest BCUT2D eigenvalue weighted by Gasteiger charge is 2.30. The van der Waals surface area contributed by atoms with Gasteiger partial charge in [0.2, 0.25) is 0 Å². The molecular weight excluding hydrogens is 390 g/mol. The highest BCUT2D eigenvalue weighted by atomic mass is 16.3. The average Bonchev–Trinajstić information content (AvgIpc) is 3.33. The van der Waals surface area contributed by atoms with Crippen LogP contribution < -0.4 is 0 Å². The van der Waals surface area contributed by atoms with Crippen LogP contribution in [0.15, 0.2) is 48.9 Å². The zero-order chi connectivity index (χ0) is 21.8. The largest absolute Gasteiger partial charge is 0.392 e. The van der Waals surface area contributed by atoms with Crippen molar-refractivity contribution in [2.24, 2.45) is 5.92 Å².